The molecule has 0 saturated carbocycles. The molecule has 3 N–H and O–H groups in total. The minimum atomic E-state index is -0.366. The molecular weight excluding hydrogens is 371 g/mol. The standard InChI is InChI=1S/C20H27FN8/c1-6-22-17-25-18(27-19(26-17)28-20(2,3)4)24-15(16-23-11-12-29(16)5)13-7-9-14(21)10-8-13/h7-12,15H,6H2,1-5H3,(H3,22,24,25,26,27,28). The zero-order valence-corrected chi connectivity index (χ0v) is 17.4. The van der Waals surface area contributed by atoms with Gasteiger partial charge in [-0.25, -0.2) is 9.37 Å². The van der Waals surface area contributed by atoms with E-state index in [0.29, 0.717) is 24.4 Å². The second-order valence-corrected chi connectivity index (χ2v) is 7.74. The number of aromatic nitrogens is 5. The highest BCUT2D eigenvalue weighted by atomic mass is 19.1. The van der Waals surface area contributed by atoms with Crippen molar-refractivity contribution in [1.29, 1.82) is 0 Å². The number of anilines is 3. The SMILES string of the molecule is CCNc1nc(NC(c2ccc(F)cc2)c2nccn2C)nc(NC(C)(C)C)n1. The van der Waals surface area contributed by atoms with E-state index in [1.807, 2.05) is 45.5 Å². The number of imidazole rings is 1. The van der Waals surface area contributed by atoms with Crippen LogP contribution in [-0.4, -0.2) is 36.6 Å². The lowest BCUT2D eigenvalue weighted by atomic mass is 10.1. The molecule has 1 atom stereocenters. The van der Waals surface area contributed by atoms with Gasteiger partial charge >= 0.3 is 0 Å². The first-order valence-corrected chi connectivity index (χ1v) is 9.52. The predicted octanol–water partition coefficient (Wildman–Crippen LogP) is 3.59. The molecule has 3 rings (SSSR count). The van der Waals surface area contributed by atoms with Gasteiger partial charge in [-0.3, -0.25) is 0 Å². The Hall–Kier alpha value is -3.23. The monoisotopic (exact) mass is 398 g/mol. The molecule has 154 valence electrons. The third-order valence-electron chi connectivity index (χ3n) is 4.05. The van der Waals surface area contributed by atoms with Gasteiger partial charge in [-0.1, -0.05) is 12.1 Å². The largest absolute Gasteiger partial charge is 0.354 e. The van der Waals surface area contributed by atoms with E-state index < -0.39 is 0 Å². The van der Waals surface area contributed by atoms with Crippen LogP contribution >= 0.6 is 0 Å². The van der Waals surface area contributed by atoms with Gasteiger partial charge in [0.15, 0.2) is 0 Å². The normalized spacial score (nSPS) is 12.5. The molecule has 9 heteroatoms. The minimum Gasteiger partial charge on any atom is -0.354 e. The molecule has 0 bridgehead atoms. The van der Waals surface area contributed by atoms with Crippen molar-refractivity contribution in [3.8, 4) is 0 Å². The maximum absolute atomic E-state index is 13.5. The maximum atomic E-state index is 13.5. The molecule has 0 radical (unpaired) electrons. The Morgan fingerprint density at radius 1 is 1.03 bits per heavy atom. The number of halogens is 1. The average Bonchev–Trinajstić information content (AvgIpc) is 3.05. The number of hydrogen-bond donors (Lipinski definition) is 3. The summed E-state index contributed by atoms with van der Waals surface area (Å²) in [7, 11) is 1.91. The van der Waals surface area contributed by atoms with Crippen LogP contribution in [0.1, 0.15) is 45.1 Å². The topological polar surface area (TPSA) is 92.6 Å². The number of hydrogen-bond acceptors (Lipinski definition) is 7. The summed E-state index contributed by atoms with van der Waals surface area (Å²) in [6.07, 6.45) is 3.58. The van der Waals surface area contributed by atoms with Crippen molar-refractivity contribution in [3.63, 3.8) is 0 Å². The van der Waals surface area contributed by atoms with Crippen LogP contribution in [0.25, 0.3) is 0 Å². The minimum absolute atomic E-state index is 0.210. The first-order chi connectivity index (χ1) is 13.7. The number of aryl methyl sites for hydroxylation is 1. The van der Waals surface area contributed by atoms with Gasteiger partial charge in [-0.2, -0.15) is 15.0 Å². The van der Waals surface area contributed by atoms with Gasteiger partial charge in [-0.05, 0) is 45.4 Å². The maximum Gasteiger partial charge on any atom is 0.230 e. The Bertz CT molecular complexity index is 946. The molecule has 2 heterocycles. The van der Waals surface area contributed by atoms with E-state index in [1.165, 1.54) is 12.1 Å². The number of nitrogens with zero attached hydrogens (tertiary/aromatic N) is 5. The van der Waals surface area contributed by atoms with E-state index in [9.17, 15) is 4.39 Å². The zero-order chi connectivity index (χ0) is 21.0. The summed E-state index contributed by atoms with van der Waals surface area (Å²) in [6, 6.07) is 5.94. The number of nitrogens with one attached hydrogen (secondary N) is 3. The Labute approximate surface area is 170 Å². The Kier molecular flexibility index (Phi) is 5.95. The van der Waals surface area contributed by atoms with Crippen molar-refractivity contribution in [2.45, 2.75) is 39.3 Å². The van der Waals surface area contributed by atoms with Crippen LogP contribution in [0.2, 0.25) is 0 Å². The van der Waals surface area contributed by atoms with Gasteiger partial charge in [0, 0.05) is 31.5 Å². The molecule has 0 fully saturated rings. The van der Waals surface area contributed by atoms with Gasteiger partial charge < -0.3 is 20.5 Å². The molecule has 0 aliphatic rings. The third-order valence-corrected chi connectivity index (χ3v) is 4.05. The summed E-state index contributed by atoms with van der Waals surface area (Å²) in [5.74, 6) is 1.78. The van der Waals surface area contributed by atoms with E-state index in [1.54, 1.807) is 18.3 Å². The summed E-state index contributed by atoms with van der Waals surface area (Å²) in [6.45, 7) is 8.76. The lowest BCUT2D eigenvalue weighted by Gasteiger charge is -2.22. The highest BCUT2D eigenvalue weighted by Crippen LogP contribution is 2.25. The van der Waals surface area contributed by atoms with E-state index >= 15 is 0 Å². The van der Waals surface area contributed by atoms with Crippen molar-refractivity contribution in [2.24, 2.45) is 7.05 Å². The van der Waals surface area contributed by atoms with Crippen LogP contribution in [0.15, 0.2) is 36.7 Å². The van der Waals surface area contributed by atoms with Crippen LogP contribution < -0.4 is 16.0 Å². The van der Waals surface area contributed by atoms with Crippen molar-refractivity contribution in [1.82, 2.24) is 24.5 Å². The van der Waals surface area contributed by atoms with Crippen molar-refractivity contribution in [3.05, 3.63) is 53.9 Å². The highest BCUT2D eigenvalue weighted by molar-refractivity contribution is 5.46. The summed E-state index contributed by atoms with van der Waals surface area (Å²) >= 11 is 0. The quantitative estimate of drug-likeness (QED) is 0.560. The number of benzene rings is 1. The molecule has 0 amide bonds. The van der Waals surface area contributed by atoms with Crippen LogP contribution in [0.4, 0.5) is 22.2 Å². The van der Waals surface area contributed by atoms with Gasteiger partial charge in [0.2, 0.25) is 17.8 Å². The molecule has 29 heavy (non-hydrogen) atoms. The van der Waals surface area contributed by atoms with E-state index in [0.717, 1.165) is 11.4 Å². The van der Waals surface area contributed by atoms with Crippen LogP contribution in [0.3, 0.4) is 0 Å². The Balaban J connectivity index is 2.00. The first kappa shape index (κ1) is 20.5. The van der Waals surface area contributed by atoms with Crippen molar-refractivity contribution in [2.75, 3.05) is 22.5 Å². The van der Waals surface area contributed by atoms with Crippen LogP contribution in [-0.2, 0) is 7.05 Å². The molecular formula is C20H27FN8. The third kappa shape index (κ3) is 5.40. The average molecular weight is 398 g/mol. The molecule has 8 nitrogen and oxygen atoms in total. The smallest absolute Gasteiger partial charge is 0.230 e. The summed E-state index contributed by atoms with van der Waals surface area (Å²) < 4.78 is 15.4. The molecule has 0 aliphatic heterocycles. The molecule has 1 aromatic carbocycles. The fraction of sp³-hybridized carbons (Fsp3) is 0.400. The molecule has 2 aromatic heterocycles. The number of rotatable bonds is 7. The summed E-state index contributed by atoms with van der Waals surface area (Å²) in [5.41, 5.74) is 0.634. The second-order valence-electron chi connectivity index (χ2n) is 7.74. The van der Waals surface area contributed by atoms with Crippen LogP contribution in [0, 0.1) is 5.82 Å². The molecule has 3 aromatic rings. The molecule has 0 spiro atoms. The predicted molar refractivity (Wildman–Crippen MR) is 112 cm³/mol. The first-order valence-electron chi connectivity index (χ1n) is 9.52. The zero-order valence-electron chi connectivity index (χ0n) is 17.4. The van der Waals surface area contributed by atoms with E-state index in [-0.39, 0.29) is 17.4 Å². The van der Waals surface area contributed by atoms with E-state index in [2.05, 4.69) is 35.9 Å². The van der Waals surface area contributed by atoms with Gasteiger partial charge in [-0.15, -0.1) is 0 Å². The van der Waals surface area contributed by atoms with Gasteiger partial charge in [0.1, 0.15) is 17.7 Å². The fourth-order valence-corrected chi connectivity index (χ4v) is 2.81. The summed E-state index contributed by atoms with van der Waals surface area (Å²) in [4.78, 5) is 17.9. The molecule has 0 aliphatic carbocycles. The van der Waals surface area contributed by atoms with Crippen molar-refractivity contribution < 1.29 is 4.39 Å². The fourth-order valence-electron chi connectivity index (χ4n) is 2.81. The lowest BCUT2D eigenvalue weighted by Crippen LogP contribution is -2.28. The van der Waals surface area contributed by atoms with Gasteiger partial charge in [0.05, 0.1) is 0 Å². The second kappa shape index (κ2) is 8.42. The Morgan fingerprint density at radius 2 is 1.69 bits per heavy atom. The van der Waals surface area contributed by atoms with Crippen molar-refractivity contribution >= 4 is 17.8 Å². The van der Waals surface area contributed by atoms with Gasteiger partial charge in [0.25, 0.3) is 0 Å². The van der Waals surface area contributed by atoms with E-state index in [4.69, 9.17) is 0 Å². The molecule has 0 saturated heterocycles. The van der Waals surface area contributed by atoms with Crippen LogP contribution in [0.5, 0.6) is 0 Å². The highest BCUT2D eigenvalue weighted by Gasteiger charge is 2.21. The summed E-state index contributed by atoms with van der Waals surface area (Å²) in [5, 5.41) is 9.74. The Morgan fingerprint density at radius 3 is 2.28 bits per heavy atom. The lowest BCUT2D eigenvalue weighted by molar-refractivity contribution is 0.625. The molecule has 1 unspecified atom stereocenters.